The second-order valence-electron chi connectivity index (χ2n) is 5.83. The van der Waals surface area contributed by atoms with Crippen LogP contribution in [0.5, 0.6) is 0 Å². The summed E-state index contributed by atoms with van der Waals surface area (Å²) in [7, 11) is 1.24. The van der Waals surface area contributed by atoms with E-state index in [0.29, 0.717) is 5.75 Å². The van der Waals surface area contributed by atoms with Crippen molar-refractivity contribution in [2.75, 3.05) is 12.9 Å². The van der Waals surface area contributed by atoms with Crippen LogP contribution in [0.3, 0.4) is 0 Å². The number of carboxylic acid groups (broad SMARTS) is 1. The van der Waals surface area contributed by atoms with Crippen molar-refractivity contribution in [1.82, 2.24) is 10.2 Å². The number of rotatable bonds is 4. The Morgan fingerprint density at radius 3 is 2.54 bits per heavy atom. The lowest BCUT2D eigenvalue weighted by Crippen LogP contribution is -2.70. The highest BCUT2D eigenvalue weighted by Gasteiger charge is 2.54. The lowest BCUT2D eigenvalue weighted by molar-refractivity contribution is -0.150. The number of fused-ring (bicyclic) bond motifs is 1. The first-order valence-corrected chi connectivity index (χ1v) is 8.77. The van der Waals surface area contributed by atoms with Gasteiger partial charge in [-0.1, -0.05) is 12.1 Å². The first-order chi connectivity index (χ1) is 12.4. The molecule has 8 nitrogen and oxygen atoms in total. The number of aromatic carboxylic acids is 1. The molecule has 2 aliphatic heterocycles. The minimum absolute atomic E-state index is 0.0213. The van der Waals surface area contributed by atoms with Crippen LogP contribution in [0.1, 0.15) is 27.6 Å². The van der Waals surface area contributed by atoms with Gasteiger partial charge in [0.1, 0.15) is 17.1 Å². The predicted octanol–water partition coefficient (Wildman–Crippen LogP) is 0.845. The number of nitrogens with zero attached hydrogens (tertiary/aromatic N) is 1. The summed E-state index contributed by atoms with van der Waals surface area (Å²) in [4.78, 5) is 49.5. The van der Waals surface area contributed by atoms with Gasteiger partial charge in [0, 0.05) is 5.75 Å². The molecule has 0 bridgehead atoms. The molecule has 2 aliphatic rings. The van der Waals surface area contributed by atoms with Gasteiger partial charge in [0.25, 0.3) is 11.8 Å². The minimum Gasteiger partial charge on any atom is -0.478 e. The topological polar surface area (TPSA) is 113 Å². The molecule has 0 aromatic heterocycles. The summed E-state index contributed by atoms with van der Waals surface area (Å²) >= 11 is 1.42. The number of hydrogen-bond donors (Lipinski definition) is 2. The number of ether oxygens (including phenoxy) is 1. The maximum absolute atomic E-state index is 12.5. The normalized spacial score (nSPS) is 21.6. The monoisotopic (exact) mass is 376 g/mol. The van der Waals surface area contributed by atoms with Gasteiger partial charge in [-0.15, -0.1) is 11.8 Å². The van der Waals surface area contributed by atoms with Crippen LogP contribution < -0.4 is 5.32 Å². The van der Waals surface area contributed by atoms with Crippen molar-refractivity contribution in [3.05, 3.63) is 46.7 Å². The molecule has 3 rings (SSSR count). The number of amides is 2. The van der Waals surface area contributed by atoms with Crippen LogP contribution in [0.2, 0.25) is 0 Å². The summed E-state index contributed by atoms with van der Waals surface area (Å²) in [5, 5.41) is 11.3. The van der Waals surface area contributed by atoms with Gasteiger partial charge in [-0.25, -0.2) is 9.59 Å². The largest absolute Gasteiger partial charge is 0.478 e. The number of thioether (sulfide) groups is 1. The predicted molar refractivity (Wildman–Crippen MR) is 92.5 cm³/mol. The van der Waals surface area contributed by atoms with Gasteiger partial charge >= 0.3 is 11.9 Å². The van der Waals surface area contributed by atoms with Crippen molar-refractivity contribution in [3.8, 4) is 0 Å². The Bertz CT molecular complexity index is 849. The van der Waals surface area contributed by atoms with Gasteiger partial charge in [-0.2, -0.15) is 0 Å². The molecule has 9 heteroatoms. The van der Waals surface area contributed by atoms with E-state index in [1.807, 2.05) is 0 Å². The van der Waals surface area contributed by atoms with Crippen molar-refractivity contribution < 1.29 is 29.0 Å². The number of methoxy groups -OCH3 is 1. The lowest BCUT2D eigenvalue weighted by atomic mass is 10.0. The fourth-order valence-corrected chi connectivity index (χ4v) is 4.24. The molecule has 0 aliphatic carbocycles. The number of carbonyl (C=O) groups is 4. The van der Waals surface area contributed by atoms with Gasteiger partial charge < -0.3 is 15.2 Å². The summed E-state index contributed by atoms with van der Waals surface area (Å²) in [5.41, 5.74) is 0.771. The molecular weight excluding hydrogens is 360 g/mol. The number of carboxylic acids is 1. The zero-order chi connectivity index (χ0) is 19.0. The average molecular weight is 376 g/mol. The van der Waals surface area contributed by atoms with Crippen molar-refractivity contribution in [2.24, 2.45) is 0 Å². The summed E-state index contributed by atoms with van der Waals surface area (Å²) < 4.78 is 4.74. The Morgan fingerprint density at radius 1 is 1.27 bits per heavy atom. The zero-order valence-corrected chi connectivity index (χ0v) is 14.8. The maximum atomic E-state index is 12.5. The van der Waals surface area contributed by atoms with Crippen molar-refractivity contribution >= 4 is 35.5 Å². The number of nitrogens with one attached hydrogen (secondary N) is 1. The molecule has 2 heterocycles. The molecule has 0 spiro atoms. The molecule has 26 heavy (non-hydrogen) atoms. The third kappa shape index (κ3) is 2.84. The number of benzene rings is 1. The Labute approximate surface area is 153 Å². The highest BCUT2D eigenvalue weighted by Crippen LogP contribution is 2.40. The van der Waals surface area contributed by atoms with Gasteiger partial charge in [0.15, 0.2) is 0 Å². The molecule has 0 saturated carbocycles. The van der Waals surface area contributed by atoms with Crippen LogP contribution in [0, 0.1) is 0 Å². The third-order valence-electron chi connectivity index (χ3n) is 4.23. The molecule has 1 aromatic rings. The number of hydrogen-bond acceptors (Lipinski definition) is 6. The standard InChI is InChI=1S/C17H16N2O6S/c1-8-7-26-15-11(14(21)19(15)12(8)17(24)25-2)18-13(20)9-5-3-4-6-10(9)16(22)23/h3-6,11,15H,7H2,1-2H3,(H,18,20)(H,22,23)/t11?,15-/m0/s1. The zero-order valence-electron chi connectivity index (χ0n) is 14.0. The van der Waals surface area contributed by atoms with Gasteiger partial charge in [0.2, 0.25) is 0 Å². The number of β-lactam (4-membered cyclic amide) rings is 1. The Morgan fingerprint density at radius 2 is 1.92 bits per heavy atom. The van der Waals surface area contributed by atoms with Crippen LogP contribution in [0.25, 0.3) is 0 Å². The van der Waals surface area contributed by atoms with E-state index in [1.165, 1.54) is 42.0 Å². The van der Waals surface area contributed by atoms with Gasteiger partial charge in [0.05, 0.1) is 18.2 Å². The van der Waals surface area contributed by atoms with Crippen LogP contribution in [-0.2, 0) is 14.3 Å². The van der Waals surface area contributed by atoms with E-state index in [9.17, 15) is 24.3 Å². The van der Waals surface area contributed by atoms with E-state index in [4.69, 9.17) is 4.74 Å². The molecule has 1 saturated heterocycles. The van der Waals surface area contributed by atoms with Gasteiger partial charge in [-0.05, 0) is 24.6 Å². The fourth-order valence-electron chi connectivity index (χ4n) is 2.95. The molecule has 2 atom stereocenters. The first-order valence-electron chi connectivity index (χ1n) is 7.72. The summed E-state index contributed by atoms with van der Waals surface area (Å²) in [5.74, 6) is -2.37. The van der Waals surface area contributed by atoms with E-state index in [-0.39, 0.29) is 16.8 Å². The Hall–Kier alpha value is -2.81. The number of carbonyl (C=O) groups excluding carboxylic acids is 3. The first kappa shape index (κ1) is 18.0. The maximum Gasteiger partial charge on any atom is 0.354 e. The Kier molecular flexibility index (Phi) is 4.73. The van der Waals surface area contributed by atoms with E-state index in [1.54, 1.807) is 13.0 Å². The van der Waals surface area contributed by atoms with Gasteiger partial charge in [-0.3, -0.25) is 14.5 Å². The van der Waals surface area contributed by atoms with Crippen molar-refractivity contribution in [3.63, 3.8) is 0 Å². The van der Waals surface area contributed by atoms with Crippen molar-refractivity contribution in [1.29, 1.82) is 0 Å². The van der Waals surface area contributed by atoms with E-state index >= 15 is 0 Å². The molecule has 1 unspecified atom stereocenters. The van der Waals surface area contributed by atoms with Crippen LogP contribution in [0.15, 0.2) is 35.5 Å². The molecular formula is C17H16N2O6S. The molecule has 1 aromatic carbocycles. The van der Waals surface area contributed by atoms with E-state index in [0.717, 1.165) is 5.57 Å². The molecule has 2 N–H and O–H groups in total. The summed E-state index contributed by atoms with van der Waals surface area (Å²) in [6.45, 7) is 1.75. The van der Waals surface area contributed by atoms with Crippen LogP contribution in [0.4, 0.5) is 0 Å². The van der Waals surface area contributed by atoms with Crippen molar-refractivity contribution in [2.45, 2.75) is 18.3 Å². The molecule has 2 amide bonds. The van der Waals surface area contributed by atoms with E-state index < -0.39 is 35.2 Å². The van der Waals surface area contributed by atoms with Crippen LogP contribution >= 0.6 is 11.8 Å². The average Bonchev–Trinajstić information content (AvgIpc) is 2.64. The Balaban J connectivity index is 1.80. The smallest absolute Gasteiger partial charge is 0.354 e. The summed E-state index contributed by atoms with van der Waals surface area (Å²) in [6, 6.07) is 4.94. The SMILES string of the molecule is COC(=O)C1=C(C)CS[C@H]2C(NC(=O)c3ccccc3C(=O)O)C(=O)N12. The third-order valence-corrected chi connectivity index (χ3v) is 5.65. The second kappa shape index (κ2) is 6.83. The van der Waals surface area contributed by atoms with Crippen LogP contribution in [-0.4, -0.2) is 58.0 Å². The molecule has 1 fully saturated rings. The molecule has 136 valence electrons. The highest BCUT2D eigenvalue weighted by molar-refractivity contribution is 8.00. The second-order valence-corrected chi connectivity index (χ2v) is 6.94. The summed E-state index contributed by atoms with van der Waals surface area (Å²) in [6.07, 6.45) is 0. The minimum atomic E-state index is -1.23. The highest BCUT2D eigenvalue weighted by atomic mass is 32.2. The quantitative estimate of drug-likeness (QED) is 0.591. The lowest BCUT2D eigenvalue weighted by Gasteiger charge is -2.49. The fraction of sp³-hybridized carbons (Fsp3) is 0.294. The molecule has 0 radical (unpaired) electrons. The van der Waals surface area contributed by atoms with E-state index in [2.05, 4.69) is 5.32 Å². The number of esters is 1.